The number of hydrogen-bond acceptors (Lipinski definition) is 2. The van der Waals surface area contributed by atoms with E-state index >= 15 is 0 Å². The molecule has 0 fully saturated rings. The number of aliphatic hydroxyl groups is 1. The Labute approximate surface area is 93.2 Å². The lowest BCUT2D eigenvalue weighted by Crippen LogP contribution is -2.20. The Morgan fingerprint density at radius 3 is 2.50 bits per heavy atom. The molecule has 0 radical (unpaired) electrons. The second-order valence-corrected chi connectivity index (χ2v) is 3.57. The van der Waals surface area contributed by atoms with Gasteiger partial charge >= 0.3 is 6.18 Å². The normalized spacial score (nSPS) is 14.3. The van der Waals surface area contributed by atoms with E-state index in [0.717, 1.165) is 0 Å². The molecule has 1 heterocycles. The predicted octanol–water partition coefficient (Wildman–Crippen LogP) is 3.68. The van der Waals surface area contributed by atoms with Gasteiger partial charge in [-0.15, -0.1) is 0 Å². The largest absolute Gasteiger partial charge is 0.444 e. The minimum absolute atomic E-state index is 0.164. The van der Waals surface area contributed by atoms with Gasteiger partial charge in [0.15, 0.2) is 6.10 Å². The topological polar surface area (TPSA) is 33.4 Å². The zero-order valence-corrected chi connectivity index (χ0v) is 8.51. The van der Waals surface area contributed by atoms with Crippen molar-refractivity contribution in [1.82, 2.24) is 0 Å². The lowest BCUT2D eigenvalue weighted by atomic mass is 10.1. The summed E-state index contributed by atoms with van der Waals surface area (Å²) in [5, 5.41) is 8.88. The van der Waals surface area contributed by atoms with Crippen molar-refractivity contribution in [2.75, 3.05) is 0 Å². The molecule has 0 aliphatic heterocycles. The number of furan rings is 1. The van der Waals surface area contributed by atoms with E-state index < -0.39 is 23.1 Å². The smallest absolute Gasteiger partial charge is 0.418 e. The molecule has 0 amide bonds. The third-order valence-electron chi connectivity index (χ3n) is 2.17. The highest BCUT2D eigenvalue weighted by atomic mass is 35.5. The molecule has 0 spiro atoms. The van der Waals surface area contributed by atoms with Crippen LogP contribution in [0.2, 0.25) is 5.22 Å². The maximum atomic E-state index is 12.4. The van der Waals surface area contributed by atoms with Crippen LogP contribution in [0.3, 0.4) is 0 Å². The number of halogens is 4. The number of aliphatic hydroxyl groups excluding tert-OH is 1. The molecule has 86 valence electrons. The summed E-state index contributed by atoms with van der Waals surface area (Å²) in [6.45, 7) is 0. The summed E-state index contributed by atoms with van der Waals surface area (Å²) in [4.78, 5) is 0. The number of rotatable bonds is 1. The van der Waals surface area contributed by atoms with Crippen LogP contribution in [0, 0.1) is 0 Å². The van der Waals surface area contributed by atoms with E-state index in [1.807, 2.05) is 0 Å². The standard InChI is InChI=1S/C10H6ClF3O2/c11-9-7(8(15)10(12,13)14)5-3-1-2-4-6(5)16-9/h1-4,8,15H/t8-/m0/s1. The molecular weight excluding hydrogens is 245 g/mol. The molecule has 0 unspecified atom stereocenters. The highest BCUT2D eigenvalue weighted by Gasteiger charge is 2.42. The van der Waals surface area contributed by atoms with E-state index in [4.69, 9.17) is 21.1 Å². The van der Waals surface area contributed by atoms with Gasteiger partial charge in [0, 0.05) is 5.39 Å². The molecule has 1 atom stereocenters. The van der Waals surface area contributed by atoms with Gasteiger partial charge in [0.25, 0.3) is 0 Å². The van der Waals surface area contributed by atoms with Gasteiger partial charge in [-0.05, 0) is 17.7 Å². The molecule has 0 aliphatic rings. The zero-order valence-electron chi connectivity index (χ0n) is 7.75. The second kappa shape index (κ2) is 3.68. The van der Waals surface area contributed by atoms with Crippen molar-refractivity contribution in [3.63, 3.8) is 0 Å². The Morgan fingerprint density at radius 1 is 1.25 bits per heavy atom. The van der Waals surface area contributed by atoms with Crippen LogP contribution in [-0.4, -0.2) is 11.3 Å². The van der Waals surface area contributed by atoms with Crippen LogP contribution < -0.4 is 0 Å². The van der Waals surface area contributed by atoms with E-state index in [0.29, 0.717) is 0 Å². The molecule has 2 rings (SSSR count). The van der Waals surface area contributed by atoms with Gasteiger partial charge in [-0.1, -0.05) is 18.2 Å². The molecule has 0 aliphatic carbocycles. The van der Waals surface area contributed by atoms with Gasteiger partial charge in [0.1, 0.15) is 5.58 Å². The Bertz CT molecular complexity index is 518. The van der Waals surface area contributed by atoms with Crippen molar-refractivity contribution in [3.05, 3.63) is 35.0 Å². The van der Waals surface area contributed by atoms with Crippen molar-refractivity contribution in [2.45, 2.75) is 12.3 Å². The molecule has 1 N–H and O–H groups in total. The van der Waals surface area contributed by atoms with Crippen LogP contribution in [-0.2, 0) is 0 Å². The average molecular weight is 251 g/mol. The van der Waals surface area contributed by atoms with Gasteiger partial charge < -0.3 is 9.52 Å². The van der Waals surface area contributed by atoms with Crippen molar-refractivity contribution < 1.29 is 22.7 Å². The molecule has 6 heteroatoms. The predicted molar refractivity (Wildman–Crippen MR) is 52.2 cm³/mol. The summed E-state index contributed by atoms with van der Waals surface area (Å²) < 4.78 is 42.0. The van der Waals surface area contributed by atoms with Crippen molar-refractivity contribution in [1.29, 1.82) is 0 Å². The highest BCUT2D eigenvalue weighted by Crippen LogP contribution is 2.41. The molecule has 0 saturated heterocycles. The lowest BCUT2D eigenvalue weighted by Gasteiger charge is -2.13. The number of benzene rings is 1. The van der Waals surface area contributed by atoms with Gasteiger partial charge in [0.2, 0.25) is 5.22 Å². The number of fused-ring (bicyclic) bond motifs is 1. The molecule has 0 saturated carbocycles. The molecule has 0 bridgehead atoms. The third kappa shape index (κ3) is 1.76. The summed E-state index contributed by atoms with van der Waals surface area (Å²) in [7, 11) is 0. The molecule has 16 heavy (non-hydrogen) atoms. The fourth-order valence-corrected chi connectivity index (χ4v) is 1.74. The minimum atomic E-state index is -4.77. The quantitative estimate of drug-likeness (QED) is 0.837. The molecule has 1 aromatic heterocycles. The Morgan fingerprint density at radius 2 is 1.88 bits per heavy atom. The first kappa shape index (κ1) is 11.3. The summed E-state index contributed by atoms with van der Waals surface area (Å²) in [5.74, 6) is 0. The summed E-state index contributed by atoms with van der Waals surface area (Å²) >= 11 is 5.54. The van der Waals surface area contributed by atoms with Gasteiger partial charge in [0.05, 0.1) is 5.56 Å². The van der Waals surface area contributed by atoms with Crippen LogP contribution in [0.4, 0.5) is 13.2 Å². The monoisotopic (exact) mass is 250 g/mol. The summed E-state index contributed by atoms with van der Waals surface area (Å²) in [5.41, 5.74) is -0.226. The fourth-order valence-electron chi connectivity index (χ4n) is 1.45. The van der Waals surface area contributed by atoms with Crippen molar-refractivity contribution >= 4 is 22.6 Å². The van der Waals surface area contributed by atoms with Gasteiger partial charge in [-0.2, -0.15) is 13.2 Å². The maximum absolute atomic E-state index is 12.4. The SMILES string of the molecule is O[C@@H](c1c(Cl)oc2ccccc12)C(F)(F)F. The van der Waals surface area contributed by atoms with Crippen molar-refractivity contribution in [3.8, 4) is 0 Å². The van der Waals surface area contributed by atoms with E-state index in [1.54, 1.807) is 12.1 Å². The first-order valence-corrected chi connectivity index (χ1v) is 4.71. The lowest BCUT2D eigenvalue weighted by molar-refractivity contribution is -0.206. The van der Waals surface area contributed by atoms with Crippen LogP contribution in [0.15, 0.2) is 28.7 Å². The van der Waals surface area contributed by atoms with Crippen LogP contribution in [0.5, 0.6) is 0 Å². The Hall–Kier alpha value is -1.20. The Kier molecular flexibility index (Phi) is 2.59. The molecule has 1 aromatic carbocycles. The first-order valence-electron chi connectivity index (χ1n) is 4.33. The zero-order chi connectivity index (χ0) is 11.9. The summed E-state index contributed by atoms with van der Waals surface area (Å²) in [6.07, 6.45) is -7.40. The van der Waals surface area contributed by atoms with Crippen LogP contribution in [0.25, 0.3) is 11.0 Å². The fraction of sp³-hybridized carbons (Fsp3) is 0.200. The van der Waals surface area contributed by atoms with Crippen LogP contribution in [0.1, 0.15) is 11.7 Å². The first-order chi connectivity index (χ1) is 7.41. The van der Waals surface area contributed by atoms with E-state index in [1.165, 1.54) is 12.1 Å². The number of para-hydroxylation sites is 1. The molecular formula is C10H6ClF3O2. The number of alkyl halides is 3. The van der Waals surface area contributed by atoms with E-state index in [2.05, 4.69) is 0 Å². The Balaban J connectivity index is 2.64. The minimum Gasteiger partial charge on any atom is -0.444 e. The second-order valence-electron chi connectivity index (χ2n) is 3.23. The highest BCUT2D eigenvalue weighted by molar-refractivity contribution is 6.30. The summed E-state index contributed by atoms with van der Waals surface area (Å²) in [6, 6.07) is 6.04. The van der Waals surface area contributed by atoms with Gasteiger partial charge in [-0.3, -0.25) is 0 Å². The van der Waals surface area contributed by atoms with Gasteiger partial charge in [-0.25, -0.2) is 0 Å². The average Bonchev–Trinajstić information content (AvgIpc) is 2.51. The third-order valence-corrected chi connectivity index (χ3v) is 2.45. The number of hydrogen-bond donors (Lipinski definition) is 1. The van der Waals surface area contributed by atoms with Crippen LogP contribution >= 0.6 is 11.6 Å². The van der Waals surface area contributed by atoms with E-state index in [9.17, 15) is 13.2 Å². The molecule has 2 aromatic rings. The molecule has 2 nitrogen and oxygen atoms in total. The maximum Gasteiger partial charge on any atom is 0.418 e. The van der Waals surface area contributed by atoms with Crippen molar-refractivity contribution in [2.24, 2.45) is 0 Å². The van der Waals surface area contributed by atoms with E-state index in [-0.39, 0.29) is 11.0 Å².